The molecule has 0 amide bonds. The molecule has 104 valence electrons. The first-order chi connectivity index (χ1) is 9.14. The van der Waals surface area contributed by atoms with Gasteiger partial charge in [0.2, 0.25) is 0 Å². The van der Waals surface area contributed by atoms with Gasteiger partial charge in [0.05, 0.1) is 0 Å². The van der Waals surface area contributed by atoms with Crippen molar-refractivity contribution in [2.24, 2.45) is 5.41 Å². The fourth-order valence-electron chi connectivity index (χ4n) is 3.14. The Morgan fingerprint density at radius 2 is 2.11 bits per heavy atom. The topological polar surface area (TPSA) is 30.5 Å². The second-order valence-electron chi connectivity index (χ2n) is 6.43. The van der Waals surface area contributed by atoms with Crippen LogP contribution in [0.1, 0.15) is 38.7 Å². The molecule has 1 atom stereocenters. The van der Waals surface area contributed by atoms with Crippen molar-refractivity contribution in [2.45, 2.75) is 45.7 Å². The summed E-state index contributed by atoms with van der Waals surface area (Å²) in [6.07, 6.45) is 3.86. The number of hydrogen-bond acceptors (Lipinski definition) is 3. The summed E-state index contributed by atoms with van der Waals surface area (Å²) in [5.74, 6) is 1.82. The van der Waals surface area contributed by atoms with E-state index in [1.807, 2.05) is 12.1 Å². The van der Waals surface area contributed by atoms with Crippen LogP contribution in [0.15, 0.2) is 18.2 Å². The molecule has 1 aliphatic heterocycles. The van der Waals surface area contributed by atoms with Crippen LogP contribution in [0.4, 0.5) is 0 Å². The first-order valence-corrected chi connectivity index (χ1v) is 7.25. The zero-order valence-electron chi connectivity index (χ0n) is 11.9. The maximum absolute atomic E-state index is 5.75. The average Bonchev–Trinajstić information content (AvgIpc) is 2.76. The molecule has 3 rings (SSSR count). The highest BCUT2D eigenvalue weighted by atomic mass is 16.6. The van der Waals surface area contributed by atoms with Crippen LogP contribution in [-0.2, 0) is 6.54 Å². The van der Waals surface area contributed by atoms with E-state index in [0.29, 0.717) is 24.7 Å². The third-order valence-electron chi connectivity index (χ3n) is 4.20. The Morgan fingerprint density at radius 3 is 2.89 bits per heavy atom. The van der Waals surface area contributed by atoms with Crippen molar-refractivity contribution < 1.29 is 9.47 Å². The van der Waals surface area contributed by atoms with Gasteiger partial charge in [-0.2, -0.15) is 0 Å². The molecule has 0 aromatic heterocycles. The molecule has 1 aromatic rings. The number of rotatable bonds is 3. The fraction of sp³-hybridized carbons (Fsp3) is 0.625. The first-order valence-electron chi connectivity index (χ1n) is 7.25. The summed E-state index contributed by atoms with van der Waals surface area (Å²) in [6.45, 7) is 6.89. The largest absolute Gasteiger partial charge is 0.486 e. The van der Waals surface area contributed by atoms with Gasteiger partial charge < -0.3 is 14.8 Å². The lowest BCUT2D eigenvalue weighted by Crippen LogP contribution is -2.27. The molecule has 3 nitrogen and oxygen atoms in total. The lowest BCUT2D eigenvalue weighted by molar-refractivity contribution is 0.169. The van der Waals surface area contributed by atoms with Crippen LogP contribution in [-0.4, -0.2) is 19.3 Å². The molecule has 1 saturated carbocycles. The van der Waals surface area contributed by atoms with Gasteiger partial charge in [-0.3, -0.25) is 0 Å². The molecule has 1 aliphatic carbocycles. The molecule has 1 fully saturated rings. The minimum Gasteiger partial charge on any atom is -0.486 e. The lowest BCUT2D eigenvalue weighted by Gasteiger charge is -2.22. The van der Waals surface area contributed by atoms with E-state index in [1.54, 1.807) is 0 Å². The molecule has 0 spiro atoms. The molecule has 0 saturated heterocycles. The minimum atomic E-state index is 0.493. The highest BCUT2D eigenvalue weighted by Gasteiger charge is 2.30. The molecule has 0 bridgehead atoms. The van der Waals surface area contributed by atoms with Crippen LogP contribution in [0.3, 0.4) is 0 Å². The predicted molar refractivity (Wildman–Crippen MR) is 75.7 cm³/mol. The molecule has 1 N–H and O–H groups in total. The summed E-state index contributed by atoms with van der Waals surface area (Å²) in [4.78, 5) is 0. The van der Waals surface area contributed by atoms with Gasteiger partial charge in [0.15, 0.2) is 11.5 Å². The van der Waals surface area contributed by atoms with Crippen LogP contribution in [0.5, 0.6) is 11.5 Å². The number of ether oxygens (including phenoxy) is 2. The number of nitrogens with one attached hydrogen (secondary N) is 1. The Bertz CT molecular complexity index is 456. The number of fused-ring (bicyclic) bond motifs is 1. The number of hydrogen-bond donors (Lipinski definition) is 1. The molecule has 3 heteroatoms. The van der Waals surface area contributed by atoms with E-state index < -0.39 is 0 Å². The van der Waals surface area contributed by atoms with Gasteiger partial charge in [0.25, 0.3) is 0 Å². The second kappa shape index (κ2) is 5.04. The van der Waals surface area contributed by atoms with Crippen molar-refractivity contribution in [1.82, 2.24) is 5.32 Å². The van der Waals surface area contributed by atoms with E-state index in [4.69, 9.17) is 9.47 Å². The Morgan fingerprint density at radius 1 is 1.26 bits per heavy atom. The number of benzene rings is 1. The van der Waals surface area contributed by atoms with Crippen LogP contribution < -0.4 is 14.8 Å². The summed E-state index contributed by atoms with van der Waals surface area (Å²) in [7, 11) is 0. The molecule has 19 heavy (non-hydrogen) atoms. The minimum absolute atomic E-state index is 0.493. The van der Waals surface area contributed by atoms with E-state index in [2.05, 4.69) is 25.2 Å². The van der Waals surface area contributed by atoms with Gasteiger partial charge in [-0.15, -0.1) is 0 Å². The van der Waals surface area contributed by atoms with Crippen molar-refractivity contribution in [3.8, 4) is 11.5 Å². The van der Waals surface area contributed by atoms with E-state index in [1.165, 1.54) is 24.8 Å². The van der Waals surface area contributed by atoms with Crippen LogP contribution in [0.2, 0.25) is 0 Å². The Balaban J connectivity index is 1.64. The SMILES string of the molecule is CC1(C)CCC(NCc2cccc3c2OCCO3)C1. The van der Waals surface area contributed by atoms with Crippen molar-refractivity contribution in [3.63, 3.8) is 0 Å². The monoisotopic (exact) mass is 261 g/mol. The summed E-state index contributed by atoms with van der Waals surface area (Å²) >= 11 is 0. The fourth-order valence-corrected chi connectivity index (χ4v) is 3.14. The third kappa shape index (κ3) is 2.86. The van der Waals surface area contributed by atoms with Crippen LogP contribution in [0.25, 0.3) is 0 Å². The zero-order chi connectivity index (χ0) is 13.3. The smallest absolute Gasteiger partial charge is 0.165 e. The molecular formula is C16H23NO2. The molecule has 2 aliphatic rings. The summed E-state index contributed by atoms with van der Waals surface area (Å²) in [6, 6.07) is 6.79. The summed E-state index contributed by atoms with van der Waals surface area (Å²) in [5, 5.41) is 3.67. The van der Waals surface area contributed by atoms with Gasteiger partial charge in [0.1, 0.15) is 13.2 Å². The number of para-hydroxylation sites is 1. The lowest BCUT2D eigenvalue weighted by atomic mass is 9.92. The summed E-state index contributed by atoms with van der Waals surface area (Å²) in [5.41, 5.74) is 1.70. The zero-order valence-corrected chi connectivity index (χ0v) is 11.9. The van der Waals surface area contributed by atoms with Gasteiger partial charge in [-0.25, -0.2) is 0 Å². The van der Waals surface area contributed by atoms with E-state index in [0.717, 1.165) is 18.0 Å². The van der Waals surface area contributed by atoms with E-state index >= 15 is 0 Å². The average molecular weight is 261 g/mol. The molecule has 1 unspecified atom stereocenters. The predicted octanol–water partition coefficient (Wildman–Crippen LogP) is 3.13. The Labute approximate surface area is 115 Å². The highest BCUT2D eigenvalue weighted by Crippen LogP contribution is 2.38. The molecule has 1 aromatic carbocycles. The molecule has 0 radical (unpaired) electrons. The van der Waals surface area contributed by atoms with Crippen molar-refractivity contribution in [2.75, 3.05) is 13.2 Å². The normalized spacial score (nSPS) is 24.4. The third-order valence-corrected chi connectivity index (χ3v) is 4.20. The Kier molecular flexibility index (Phi) is 3.40. The summed E-state index contributed by atoms with van der Waals surface area (Å²) < 4.78 is 11.4. The van der Waals surface area contributed by atoms with Gasteiger partial charge >= 0.3 is 0 Å². The maximum atomic E-state index is 5.75. The quantitative estimate of drug-likeness (QED) is 0.906. The standard InChI is InChI=1S/C16H23NO2/c1-16(2)7-6-13(10-16)17-11-12-4-3-5-14-15(12)19-9-8-18-14/h3-5,13,17H,6-11H2,1-2H3. The molecule has 1 heterocycles. The van der Waals surface area contributed by atoms with Gasteiger partial charge in [0, 0.05) is 18.2 Å². The Hall–Kier alpha value is -1.22. The van der Waals surface area contributed by atoms with Crippen LogP contribution >= 0.6 is 0 Å². The van der Waals surface area contributed by atoms with Crippen molar-refractivity contribution in [3.05, 3.63) is 23.8 Å². The van der Waals surface area contributed by atoms with Crippen molar-refractivity contribution >= 4 is 0 Å². The van der Waals surface area contributed by atoms with E-state index in [9.17, 15) is 0 Å². The maximum Gasteiger partial charge on any atom is 0.165 e. The van der Waals surface area contributed by atoms with E-state index in [-0.39, 0.29) is 0 Å². The highest BCUT2D eigenvalue weighted by molar-refractivity contribution is 5.47. The van der Waals surface area contributed by atoms with Crippen molar-refractivity contribution in [1.29, 1.82) is 0 Å². The molecular weight excluding hydrogens is 238 g/mol. The van der Waals surface area contributed by atoms with Gasteiger partial charge in [-0.1, -0.05) is 26.0 Å². The first kappa shape index (κ1) is 12.8. The van der Waals surface area contributed by atoms with Crippen LogP contribution in [0, 0.1) is 5.41 Å². The second-order valence-corrected chi connectivity index (χ2v) is 6.43. The van der Waals surface area contributed by atoms with Gasteiger partial charge in [-0.05, 0) is 30.7 Å².